The Morgan fingerprint density at radius 3 is 2.56 bits per heavy atom. The number of hydrogen-bond acceptors (Lipinski definition) is 5. The zero-order chi connectivity index (χ0) is 16.9. The number of benzene rings is 1. The summed E-state index contributed by atoms with van der Waals surface area (Å²) in [5, 5.41) is 3.38. The third kappa shape index (κ3) is 4.77. The summed E-state index contributed by atoms with van der Waals surface area (Å²) in [7, 11) is 3.23. The van der Waals surface area contributed by atoms with Gasteiger partial charge in [0.1, 0.15) is 0 Å². The lowest BCUT2D eigenvalue weighted by Gasteiger charge is -2.32. The number of nitrogens with zero attached hydrogens (tertiary/aromatic N) is 2. The molecule has 0 spiro atoms. The van der Waals surface area contributed by atoms with Crippen LogP contribution < -0.4 is 14.8 Å². The molecule has 1 amide bonds. The van der Waals surface area contributed by atoms with Gasteiger partial charge in [-0.25, -0.2) is 0 Å². The Morgan fingerprint density at radius 1 is 1.16 bits per heavy atom. The first-order valence-electron chi connectivity index (χ1n) is 8.64. The fourth-order valence-corrected chi connectivity index (χ4v) is 3.59. The van der Waals surface area contributed by atoms with Crippen LogP contribution in [0.2, 0.25) is 0 Å². The highest BCUT2D eigenvalue weighted by atomic mass is 35.5. The number of carbonyl (C=O) groups excluding carboxylic acids is 1. The summed E-state index contributed by atoms with van der Waals surface area (Å²) in [5.41, 5.74) is 0.961. The quantitative estimate of drug-likeness (QED) is 0.844. The molecule has 2 heterocycles. The molecule has 2 aliphatic heterocycles. The topological polar surface area (TPSA) is 54.0 Å². The van der Waals surface area contributed by atoms with Gasteiger partial charge in [-0.3, -0.25) is 9.69 Å². The smallest absolute Gasteiger partial charge is 0.227 e. The van der Waals surface area contributed by atoms with E-state index in [-0.39, 0.29) is 18.3 Å². The Morgan fingerprint density at radius 2 is 1.88 bits per heavy atom. The molecule has 1 N–H and O–H groups in total. The summed E-state index contributed by atoms with van der Waals surface area (Å²) >= 11 is 0. The molecule has 7 heteroatoms. The molecule has 1 aromatic rings. The molecule has 0 radical (unpaired) electrons. The van der Waals surface area contributed by atoms with Crippen molar-refractivity contribution in [3.8, 4) is 11.5 Å². The van der Waals surface area contributed by atoms with E-state index in [9.17, 15) is 4.79 Å². The van der Waals surface area contributed by atoms with Crippen LogP contribution in [0.25, 0.3) is 0 Å². The van der Waals surface area contributed by atoms with Gasteiger partial charge in [0.05, 0.1) is 20.6 Å². The third-order valence-electron chi connectivity index (χ3n) is 4.99. The van der Waals surface area contributed by atoms with Crippen molar-refractivity contribution in [2.24, 2.45) is 0 Å². The molecule has 0 aliphatic carbocycles. The Hall–Kier alpha value is -1.50. The molecular weight excluding hydrogens is 342 g/mol. The summed E-state index contributed by atoms with van der Waals surface area (Å²) in [6, 6.07) is 6.19. The van der Waals surface area contributed by atoms with E-state index in [4.69, 9.17) is 9.47 Å². The van der Waals surface area contributed by atoms with Crippen LogP contribution in [-0.4, -0.2) is 75.2 Å². The molecule has 0 bridgehead atoms. The number of amides is 1. The molecule has 6 nitrogen and oxygen atoms in total. The highest BCUT2D eigenvalue weighted by Gasteiger charge is 2.30. The van der Waals surface area contributed by atoms with Gasteiger partial charge in [0, 0.05) is 45.3 Å². The van der Waals surface area contributed by atoms with Gasteiger partial charge in [0.15, 0.2) is 11.5 Å². The van der Waals surface area contributed by atoms with Gasteiger partial charge in [-0.1, -0.05) is 6.07 Å². The van der Waals surface area contributed by atoms with Crippen LogP contribution >= 0.6 is 12.4 Å². The second-order valence-corrected chi connectivity index (χ2v) is 6.43. The largest absolute Gasteiger partial charge is 0.493 e. The monoisotopic (exact) mass is 369 g/mol. The van der Waals surface area contributed by atoms with Gasteiger partial charge < -0.3 is 19.7 Å². The molecule has 2 saturated heterocycles. The highest BCUT2D eigenvalue weighted by Crippen LogP contribution is 2.28. The average molecular weight is 370 g/mol. The number of methoxy groups -OCH3 is 2. The minimum Gasteiger partial charge on any atom is -0.493 e. The van der Waals surface area contributed by atoms with Gasteiger partial charge in [0.25, 0.3) is 0 Å². The first kappa shape index (κ1) is 19.8. The summed E-state index contributed by atoms with van der Waals surface area (Å²) in [4.78, 5) is 17.1. The molecule has 0 aromatic heterocycles. The maximum absolute atomic E-state index is 12.6. The molecule has 1 aromatic carbocycles. The molecule has 2 fully saturated rings. The normalized spacial score (nSPS) is 20.9. The molecule has 1 unspecified atom stereocenters. The van der Waals surface area contributed by atoms with E-state index in [1.165, 1.54) is 0 Å². The summed E-state index contributed by atoms with van der Waals surface area (Å²) < 4.78 is 10.6. The second-order valence-electron chi connectivity index (χ2n) is 6.43. The number of piperazine rings is 1. The van der Waals surface area contributed by atoms with Crippen molar-refractivity contribution < 1.29 is 14.3 Å². The van der Waals surface area contributed by atoms with Crippen molar-refractivity contribution in [2.75, 3.05) is 53.5 Å². The molecular formula is C18H28ClN3O3. The van der Waals surface area contributed by atoms with Gasteiger partial charge >= 0.3 is 0 Å². The number of rotatable bonds is 5. The maximum Gasteiger partial charge on any atom is 0.227 e. The molecule has 140 valence electrons. The van der Waals surface area contributed by atoms with E-state index in [0.29, 0.717) is 24.0 Å². The standard InChI is InChI=1S/C18H27N3O3.ClH/c1-23-16-4-3-14(11-17(16)24-2)12-18(22)21-8-5-15(13-21)20-9-6-19-7-10-20;/h3-4,11,15,19H,5-10,12-13H2,1-2H3;1H. The minimum atomic E-state index is 0. The Balaban J connectivity index is 0.00000225. The van der Waals surface area contributed by atoms with Crippen molar-refractivity contribution in [3.05, 3.63) is 23.8 Å². The van der Waals surface area contributed by atoms with Crippen LogP contribution in [0.3, 0.4) is 0 Å². The number of halogens is 1. The van der Waals surface area contributed by atoms with Crippen molar-refractivity contribution in [1.29, 1.82) is 0 Å². The molecule has 0 saturated carbocycles. The predicted octanol–water partition coefficient (Wildman–Crippen LogP) is 1.17. The Kier molecular flexibility index (Phi) is 7.35. The predicted molar refractivity (Wildman–Crippen MR) is 99.9 cm³/mol. The lowest BCUT2D eigenvalue weighted by atomic mass is 10.1. The minimum absolute atomic E-state index is 0. The average Bonchev–Trinajstić information content (AvgIpc) is 3.12. The van der Waals surface area contributed by atoms with E-state index < -0.39 is 0 Å². The van der Waals surface area contributed by atoms with E-state index in [0.717, 1.165) is 51.3 Å². The first-order chi connectivity index (χ1) is 11.7. The van der Waals surface area contributed by atoms with Crippen LogP contribution in [0, 0.1) is 0 Å². The fraction of sp³-hybridized carbons (Fsp3) is 0.611. The van der Waals surface area contributed by atoms with Crippen molar-refractivity contribution in [2.45, 2.75) is 18.9 Å². The number of ether oxygens (including phenoxy) is 2. The lowest BCUT2D eigenvalue weighted by molar-refractivity contribution is -0.129. The number of likely N-dealkylation sites (tertiary alicyclic amines) is 1. The number of nitrogens with one attached hydrogen (secondary N) is 1. The number of hydrogen-bond donors (Lipinski definition) is 1. The second kappa shape index (κ2) is 9.27. The van der Waals surface area contributed by atoms with E-state index in [2.05, 4.69) is 10.2 Å². The van der Waals surface area contributed by atoms with Crippen molar-refractivity contribution in [3.63, 3.8) is 0 Å². The van der Waals surface area contributed by atoms with Crippen molar-refractivity contribution >= 4 is 18.3 Å². The lowest BCUT2D eigenvalue weighted by Crippen LogP contribution is -2.49. The van der Waals surface area contributed by atoms with E-state index in [1.807, 2.05) is 23.1 Å². The number of carbonyl (C=O) groups is 1. The van der Waals surface area contributed by atoms with Gasteiger partial charge in [-0.05, 0) is 24.1 Å². The maximum atomic E-state index is 12.6. The van der Waals surface area contributed by atoms with Crippen LogP contribution in [0.1, 0.15) is 12.0 Å². The van der Waals surface area contributed by atoms with Crippen LogP contribution in [0.4, 0.5) is 0 Å². The van der Waals surface area contributed by atoms with E-state index in [1.54, 1.807) is 14.2 Å². The SMILES string of the molecule is COc1ccc(CC(=O)N2CCC(N3CCNCC3)C2)cc1OC.Cl. The van der Waals surface area contributed by atoms with Crippen LogP contribution in [0.15, 0.2) is 18.2 Å². The molecule has 2 aliphatic rings. The van der Waals surface area contributed by atoms with Gasteiger partial charge in [-0.15, -0.1) is 12.4 Å². The van der Waals surface area contributed by atoms with Crippen LogP contribution in [-0.2, 0) is 11.2 Å². The molecule has 3 rings (SSSR count). The Labute approximate surface area is 155 Å². The summed E-state index contributed by atoms with van der Waals surface area (Å²) in [6.45, 7) is 5.99. The summed E-state index contributed by atoms with van der Waals surface area (Å²) in [6.07, 6.45) is 1.49. The Bertz CT molecular complexity index is 579. The van der Waals surface area contributed by atoms with Gasteiger partial charge in [0.2, 0.25) is 5.91 Å². The molecule has 1 atom stereocenters. The first-order valence-corrected chi connectivity index (χ1v) is 8.64. The zero-order valence-corrected chi connectivity index (χ0v) is 15.8. The van der Waals surface area contributed by atoms with Gasteiger partial charge in [-0.2, -0.15) is 0 Å². The molecule has 25 heavy (non-hydrogen) atoms. The highest BCUT2D eigenvalue weighted by molar-refractivity contribution is 5.85. The fourth-order valence-electron chi connectivity index (χ4n) is 3.59. The van der Waals surface area contributed by atoms with Crippen molar-refractivity contribution in [1.82, 2.24) is 15.1 Å². The third-order valence-corrected chi connectivity index (χ3v) is 4.99. The zero-order valence-electron chi connectivity index (χ0n) is 15.0. The van der Waals surface area contributed by atoms with Crippen LogP contribution in [0.5, 0.6) is 11.5 Å². The summed E-state index contributed by atoms with van der Waals surface area (Å²) in [5.74, 6) is 1.55. The van der Waals surface area contributed by atoms with E-state index >= 15 is 0 Å².